The van der Waals surface area contributed by atoms with Crippen molar-refractivity contribution in [3.63, 3.8) is 0 Å². The summed E-state index contributed by atoms with van der Waals surface area (Å²) >= 11 is 0. The molecule has 9 nitrogen and oxygen atoms in total. The van der Waals surface area contributed by atoms with Gasteiger partial charge in [-0.3, -0.25) is 15.0 Å². The number of aryl methyl sites for hydroxylation is 1. The van der Waals surface area contributed by atoms with Crippen LogP contribution in [0, 0.1) is 6.92 Å². The van der Waals surface area contributed by atoms with Gasteiger partial charge in [0.2, 0.25) is 5.76 Å². The highest BCUT2D eigenvalue weighted by molar-refractivity contribution is 6.07. The molecule has 0 aliphatic carbocycles. The van der Waals surface area contributed by atoms with Crippen LogP contribution in [-0.4, -0.2) is 41.0 Å². The molecule has 0 aromatic carbocycles. The minimum atomic E-state index is -1.06. The van der Waals surface area contributed by atoms with Gasteiger partial charge in [0.25, 0.3) is 11.8 Å². The fourth-order valence-corrected chi connectivity index (χ4v) is 1.96. The average Bonchev–Trinajstić information content (AvgIpc) is 3.02. The normalized spacial score (nSPS) is 20.4. The first-order valence-electron chi connectivity index (χ1n) is 6.96. The number of rotatable bonds is 5. The number of hydrazine groups is 1. The van der Waals surface area contributed by atoms with Crippen molar-refractivity contribution in [2.24, 2.45) is 0 Å². The van der Waals surface area contributed by atoms with Gasteiger partial charge in [0.1, 0.15) is 5.54 Å². The van der Waals surface area contributed by atoms with E-state index in [1.807, 2.05) is 0 Å². The topological polar surface area (TPSA) is 118 Å². The highest BCUT2D eigenvalue weighted by atomic mass is 16.5. The molecule has 0 radical (unpaired) electrons. The van der Waals surface area contributed by atoms with Gasteiger partial charge in [0.15, 0.2) is 6.61 Å². The lowest BCUT2D eigenvalue weighted by Gasteiger charge is -2.19. The van der Waals surface area contributed by atoms with Gasteiger partial charge in [-0.1, -0.05) is 6.92 Å². The zero-order valence-electron chi connectivity index (χ0n) is 13.0. The number of carbonyl (C=O) groups excluding carboxylic acids is 4. The van der Waals surface area contributed by atoms with Crippen LogP contribution in [0.3, 0.4) is 0 Å². The van der Waals surface area contributed by atoms with E-state index in [-0.39, 0.29) is 5.76 Å². The standard InChI is InChI=1S/C14H17N3O6/c1-4-14(3)12(20)17(13(21)15-14)16-9(18)7-23-11(19)10-8(2)5-6-22-10/h5-6H,4,7H2,1-3H3,(H,15,21)(H,16,18). The molecular formula is C14H17N3O6. The van der Waals surface area contributed by atoms with Gasteiger partial charge < -0.3 is 14.5 Å². The van der Waals surface area contributed by atoms with Gasteiger partial charge in [-0.25, -0.2) is 9.59 Å². The quantitative estimate of drug-likeness (QED) is 0.601. The van der Waals surface area contributed by atoms with Crippen LogP contribution in [0.15, 0.2) is 16.7 Å². The molecule has 1 unspecified atom stereocenters. The van der Waals surface area contributed by atoms with Crippen LogP contribution >= 0.6 is 0 Å². The van der Waals surface area contributed by atoms with Crippen molar-refractivity contribution in [3.05, 3.63) is 23.7 Å². The molecule has 1 fully saturated rings. The summed E-state index contributed by atoms with van der Waals surface area (Å²) in [6, 6.07) is 0.844. The van der Waals surface area contributed by atoms with Crippen molar-refractivity contribution in [2.45, 2.75) is 32.7 Å². The monoisotopic (exact) mass is 323 g/mol. The molecule has 2 heterocycles. The summed E-state index contributed by atoms with van der Waals surface area (Å²) in [5, 5.41) is 3.06. The maximum atomic E-state index is 12.1. The van der Waals surface area contributed by atoms with Crippen molar-refractivity contribution in [3.8, 4) is 0 Å². The van der Waals surface area contributed by atoms with Crippen LogP contribution in [0.2, 0.25) is 0 Å². The van der Waals surface area contributed by atoms with Crippen LogP contribution in [0.4, 0.5) is 4.79 Å². The Morgan fingerprint density at radius 2 is 2.13 bits per heavy atom. The van der Waals surface area contributed by atoms with E-state index < -0.39 is 36.0 Å². The Labute approximate surface area is 131 Å². The van der Waals surface area contributed by atoms with Gasteiger partial charge in [-0.05, 0) is 26.3 Å². The van der Waals surface area contributed by atoms with Crippen LogP contribution in [-0.2, 0) is 14.3 Å². The van der Waals surface area contributed by atoms with E-state index in [0.717, 1.165) is 0 Å². The Kier molecular flexibility index (Phi) is 4.39. The van der Waals surface area contributed by atoms with Gasteiger partial charge in [-0.15, -0.1) is 0 Å². The zero-order chi connectivity index (χ0) is 17.2. The zero-order valence-corrected chi connectivity index (χ0v) is 13.0. The summed E-state index contributed by atoms with van der Waals surface area (Å²) in [5.41, 5.74) is 1.62. The smallest absolute Gasteiger partial charge is 0.375 e. The van der Waals surface area contributed by atoms with Crippen LogP contribution < -0.4 is 10.7 Å². The number of hydrogen-bond acceptors (Lipinski definition) is 6. The first-order valence-corrected chi connectivity index (χ1v) is 6.96. The molecule has 1 aromatic heterocycles. The van der Waals surface area contributed by atoms with E-state index >= 15 is 0 Å². The molecule has 9 heteroatoms. The summed E-state index contributed by atoms with van der Waals surface area (Å²) in [6.45, 7) is 4.29. The lowest BCUT2D eigenvalue weighted by atomic mass is 10.00. The number of ether oxygens (including phenoxy) is 1. The Morgan fingerprint density at radius 1 is 1.43 bits per heavy atom. The first-order chi connectivity index (χ1) is 10.8. The second-order valence-electron chi connectivity index (χ2n) is 5.30. The third-order valence-electron chi connectivity index (χ3n) is 3.59. The second-order valence-corrected chi connectivity index (χ2v) is 5.30. The van der Waals surface area contributed by atoms with Crippen molar-refractivity contribution in [1.82, 2.24) is 15.8 Å². The Bertz CT molecular complexity index is 667. The molecule has 0 saturated carbocycles. The molecule has 23 heavy (non-hydrogen) atoms. The molecule has 1 saturated heterocycles. The number of esters is 1. The number of amides is 4. The number of furan rings is 1. The number of nitrogens with one attached hydrogen (secondary N) is 2. The molecule has 0 bridgehead atoms. The summed E-state index contributed by atoms with van der Waals surface area (Å²) in [5.74, 6) is -2.21. The minimum absolute atomic E-state index is 0.00801. The molecule has 0 spiro atoms. The van der Waals surface area contributed by atoms with E-state index in [1.165, 1.54) is 6.26 Å². The molecule has 124 valence electrons. The molecule has 1 aliphatic heterocycles. The number of carbonyl (C=O) groups is 4. The van der Waals surface area contributed by atoms with Gasteiger partial charge >= 0.3 is 12.0 Å². The maximum Gasteiger partial charge on any atom is 0.375 e. The molecule has 2 N–H and O–H groups in total. The minimum Gasteiger partial charge on any atom is -0.457 e. The molecule has 1 aromatic rings. The van der Waals surface area contributed by atoms with Gasteiger partial charge in [0.05, 0.1) is 6.26 Å². The van der Waals surface area contributed by atoms with E-state index in [0.29, 0.717) is 17.0 Å². The number of nitrogens with zero attached hydrogens (tertiary/aromatic N) is 1. The van der Waals surface area contributed by atoms with Crippen LogP contribution in [0.5, 0.6) is 0 Å². The lowest BCUT2D eigenvalue weighted by molar-refractivity contribution is -0.139. The fourth-order valence-electron chi connectivity index (χ4n) is 1.96. The van der Waals surface area contributed by atoms with Gasteiger partial charge in [0, 0.05) is 5.56 Å². The second kappa shape index (κ2) is 6.11. The summed E-state index contributed by atoms with van der Waals surface area (Å²) < 4.78 is 9.71. The third kappa shape index (κ3) is 3.17. The number of imide groups is 1. The number of hydrogen-bond donors (Lipinski definition) is 2. The van der Waals surface area contributed by atoms with Crippen molar-refractivity contribution in [2.75, 3.05) is 6.61 Å². The largest absolute Gasteiger partial charge is 0.457 e. The third-order valence-corrected chi connectivity index (χ3v) is 3.59. The molecule has 1 atom stereocenters. The lowest BCUT2D eigenvalue weighted by Crippen LogP contribution is -2.49. The maximum absolute atomic E-state index is 12.1. The average molecular weight is 323 g/mol. The predicted octanol–water partition coefficient (Wildman–Crippen LogP) is 0.497. The predicted molar refractivity (Wildman–Crippen MR) is 75.9 cm³/mol. The molecule has 1 aliphatic rings. The van der Waals surface area contributed by atoms with E-state index in [1.54, 1.807) is 26.8 Å². The molecule has 2 rings (SSSR count). The number of urea groups is 1. The highest BCUT2D eigenvalue weighted by Gasteiger charge is 2.47. The summed E-state index contributed by atoms with van der Waals surface area (Å²) in [4.78, 5) is 47.2. The fraction of sp³-hybridized carbons (Fsp3) is 0.429. The Hall–Kier alpha value is -2.84. The first kappa shape index (κ1) is 16.5. The van der Waals surface area contributed by atoms with E-state index in [4.69, 9.17) is 9.15 Å². The van der Waals surface area contributed by atoms with E-state index in [2.05, 4.69) is 10.7 Å². The van der Waals surface area contributed by atoms with E-state index in [9.17, 15) is 19.2 Å². The van der Waals surface area contributed by atoms with Crippen molar-refractivity contribution >= 4 is 23.8 Å². The van der Waals surface area contributed by atoms with Crippen molar-refractivity contribution < 1.29 is 28.3 Å². The Morgan fingerprint density at radius 3 is 2.65 bits per heavy atom. The van der Waals surface area contributed by atoms with Crippen molar-refractivity contribution in [1.29, 1.82) is 0 Å². The summed E-state index contributed by atoms with van der Waals surface area (Å²) in [6.07, 6.45) is 1.70. The molecular weight excluding hydrogens is 306 g/mol. The SMILES string of the molecule is CCC1(C)NC(=O)N(NC(=O)COC(=O)c2occc2C)C1=O. The summed E-state index contributed by atoms with van der Waals surface area (Å²) in [7, 11) is 0. The molecule has 4 amide bonds. The highest BCUT2D eigenvalue weighted by Crippen LogP contribution is 2.19. The van der Waals surface area contributed by atoms with Crippen LogP contribution in [0.25, 0.3) is 0 Å². The Balaban J connectivity index is 1.91. The van der Waals surface area contributed by atoms with Crippen LogP contribution in [0.1, 0.15) is 36.4 Å². The van der Waals surface area contributed by atoms with Gasteiger partial charge in [-0.2, -0.15) is 5.01 Å².